The van der Waals surface area contributed by atoms with Crippen LogP contribution in [0.3, 0.4) is 0 Å². The largest absolute Gasteiger partial charge is 0.370 e. The van der Waals surface area contributed by atoms with E-state index in [-0.39, 0.29) is 5.60 Å². The van der Waals surface area contributed by atoms with Gasteiger partial charge in [0.15, 0.2) is 11.6 Å². The van der Waals surface area contributed by atoms with Crippen molar-refractivity contribution in [2.45, 2.75) is 31.4 Å². The van der Waals surface area contributed by atoms with Gasteiger partial charge in [-0.1, -0.05) is 78.9 Å². The van der Waals surface area contributed by atoms with Crippen LogP contribution in [0, 0.1) is 0 Å². The predicted octanol–water partition coefficient (Wildman–Crippen LogP) is 5.21. The molecule has 6 rings (SSSR count). The highest BCUT2D eigenvalue weighted by Gasteiger charge is 2.40. The number of likely N-dealkylation sites (tertiary alicyclic amines) is 1. The molecule has 0 unspecified atom stereocenters. The number of aryl methyl sites for hydroxylation is 1. The summed E-state index contributed by atoms with van der Waals surface area (Å²) < 4.78 is 8.29. The summed E-state index contributed by atoms with van der Waals surface area (Å²) in [5.74, 6) is 1.79. The van der Waals surface area contributed by atoms with Gasteiger partial charge in [-0.3, -0.25) is 4.90 Å². The van der Waals surface area contributed by atoms with Gasteiger partial charge in [-0.25, -0.2) is 9.67 Å². The van der Waals surface area contributed by atoms with Crippen LogP contribution in [0.25, 0.3) is 22.5 Å². The number of ether oxygens (including phenoxy) is 1. The fourth-order valence-corrected chi connectivity index (χ4v) is 5.50. The third-order valence-electron chi connectivity index (χ3n) is 7.34. The first-order valence-electron chi connectivity index (χ1n) is 12.2. The molecule has 0 N–H and O–H groups in total. The predicted molar refractivity (Wildman–Crippen MR) is 134 cm³/mol. The van der Waals surface area contributed by atoms with Gasteiger partial charge in [0.05, 0.1) is 18.8 Å². The SMILES string of the molecule is Cn1nc(CN2CCC3(CC2)OCCc2ccccc23)nc1-c1ccc(-c2ccccc2)cc1. The maximum absolute atomic E-state index is 6.39. The number of piperidine rings is 1. The minimum atomic E-state index is -0.117. The maximum Gasteiger partial charge on any atom is 0.165 e. The van der Waals surface area contributed by atoms with Crippen LogP contribution in [0.2, 0.25) is 0 Å². The highest BCUT2D eigenvalue weighted by Crippen LogP contribution is 2.41. The molecule has 5 nitrogen and oxygen atoms in total. The van der Waals surface area contributed by atoms with E-state index in [1.54, 1.807) is 0 Å². The second kappa shape index (κ2) is 8.82. The van der Waals surface area contributed by atoms with E-state index in [0.29, 0.717) is 0 Å². The minimum Gasteiger partial charge on any atom is -0.370 e. The number of aromatic nitrogens is 3. The fraction of sp³-hybridized carbons (Fsp3) is 0.310. The van der Waals surface area contributed by atoms with Crippen molar-refractivity contribution in [2.75, 3.05) is 19.7 Å². The van der Waals surface area contributed by atoms with Crippen molar-refractivity contribution in [3.05, 3.63) is 95.8 Å². The Labute approximate surface area is 201 Å². The van der Waals surface area contributed by atoms with Crippen LogP contribution in [-0.2, 0) is 30.4 Å². The Morgan fingerprint density at radius 3 is 2.29 bits per heavy atom. The first-order chi connectivity index (χ1) is 16.7. The molecule has 2 aliphatic heterocycles. The lowest BCUT2D eigenvalue weighted by Gasteiger charge is -2.44. The van der Waals surface area contributed by atoms with E-state index >= 15 is 0 Å². The second-order valence-electron chi connectivity index (χ2n) is 9.44. The number of hydrogen-bond acceptors (Lipinski definition) is 4. The fourth-order valence-electron chi connectivity index (χ4n) is 5.50. The van der Waals surface area contributed by atoms with Gasteiger partial charge in [0.1, 0.15) is 0 Å². The monoisotopic (exact) mass is 450 g/mol. The van der Waals surface area contributed by atoms with E-state index in [2.05, 4.69) is 77.7 Å². The van der Waals surface area contributed by atoms with Crippen LogP contribution < -0.4 is 0 Å². The summed E-state index contributed by atoms with van der Waals surface area (Å²) in [6.45, 7) is 3.58. The first-order valence-corrected chi connectivity index (χ1v) is 12.2. The van der Waals surface area contributed by atoms with E-state index in [9.17, 15) is 0 Å². The van der Waals surface area contributed by atoms with Crippen LogP contribution >= 0.6 is 0 Å². The molecule has 0 saturated carbocycles. The number of rotatable bonds is 4. The molecule has 172 valence electrons. The van der Waals surface area contributed by atoms with Gasteiger partial charge in [0, 0.05) is 25.7 Å². The van der Waals surface area contributed by atoms with Gasteiger partial charge in [0.2, 0.25) is 0 Å². The molecule has 1 fully saturated rings. The zero-order valence-electron chi connectivity index (χ0n) is 19.7. The third kappa shape index (κ3) is 3.95. The van der Waals surface area contributed by atoms with Gasteiger partial charge in [-0.05, 0) is 41.5 Å². The molecule has 1 aromatic heterocycles. The molecule has 1 spiro atoms. The number of benzene rings is 3. The molecular weight excluding hydrogens is 420 g/mol. The van der Waals surface area contributed by atoms with E-state index < -0.39 is 0 Å². The topological polar surface area (TPSA) is 43.2 Å². The molecule has 0 atom stereocenters. The van der Waals surface area contributed by atoms with Gasteiger partial charge in [0.25, 0.3) is 0 Å². The Hall–Kier alpha value is -3.28. The molecule has 1 saturated heterocycles. The average Bonchev–Trinajstić information content (AvgIpc) is 3.26. The highest BCUT2D eigenvalue weighted by molar-refractivity contribution is 5.67. The van der Waals surface area contributed by atoms with Crippen LogP contribution in [0.15, 0.2) is 78.9 Å². The molecule has 0 bridgehead atoms. The normalized spacial score (nSPS) is 17.6. The average molecular weight is 451 g/mol. The van der Waals surface area contributed by atoms with Crippen molar-refractivity contribution >= 4 is 0 Å². The van der Waals surface area contributed by atoms with Gasteiger partial charge in [-0.2, -0.15) is 5.10 Å². The molecule has 34 heavy (non-hydrogen) atoms. The summed E-state index contributed by atoms with van der Waals surface area (Å²) in [6.07, 6.45) is 3.06. The molecule has 0 radical (unpaired) electrons. The summed E-state index contributed by atoms with van der Waals surface area (Å²) in [6, 6.07) is 27.9. The van der Waals surface area contributed by atoms with Crippen molar-refractivity contribution in [1.82, 2.24) is 19.7 Å². The number of hydrogen-bond donors (Lipinski definition) is 0. The Morgan fingerprint density at radius 2 is 1.50 bits per heavy atom. The van der Waals surface area contributed by atoms with E-state index in [1.807, 2.05) is 17.8 Å². The molecule has 2 aliphatic rings. The van der Waals surface area contributed by atoms with Crippen LogP contribution in [0.1, 0.15) is 29.8 Å². The lowest BCUT2D eigenvalue weighted by Crippen LogP contribution is -2.46. The zero-order chi connectivity index (χ0) is 23.0. The quantitative estimate of drug-likeness (QED) is 0.428. The van der Waals surface area contributed by atoms with E-state index in [1.165, 1.54) is 22.3 Å². The molecule has 5 heteroatoms. The van der Waals surface area contributed by atoms with Crippen molar-refractivity contribution < 1.29 is 4.74 Å². The number of fused-ring (bicyclic) bond motifs is 2. The van der Waals surface area contributed by atoms with Crippen molar-refractivity contribution in [2.24, 2.45) is 7.05 Å². The number of nitrogens with zero attached hydrogens (tertiary/aromatic N) is 4. The van der Waals surface area contributed by atoms with E-state index in [4.69, 9.17) is 14.8 Å². The summed E-state index contributed by atoms with van der Waals surface area (Å²) in [5.41, 5.74) is 6.26. The van der Waals surface area contributed by atoms with Crippen LogP contribution in [0.5, 0.6) is 0 Å². The van der Waals surface area contributed by atoms with Crippen molar-refractivity contribution in [1.29, 1.82) is 0 Å². The summed E-state index contributed by atoms with van der Waals surface area (Å²) in [5, 5.41) is 4.73. The summed E-state index contributed by atoms with van der Waals surface area (Å²) >= 11 is 0. The Bertz CT molecular complexity index is 1270. The summed E-state index contributed by atoms with van der Waals surface area (Å²) in [7, 11) is 1.98. The Balaban J connectivity index is 1.14. The molecule has 0 aliphatic carbocycles. The summed E-state index contributed by atoms with van der Waals surface area (Å²) in [4.78, 5) is 7.36. The molecular formula is C29H30N4O. The van der Waals surface area contributed by atoms with Crippen LogP contribution in [0.4, 0.5) is 0 Å². The lowest BCUT2D eigenvalue weighted by molar-refractivity contribution is -0.0991. The highest BCUT2D eigenvalue weighted by atomic mass is 16.5. The second-order valence-corrected chi connectivity index (χ2v) is 9.44. The zero-order valence-corrected chi connectivity index (χ0v) is 19.7. The molecule has 3 aromatic carbocycles. The minimum absolute atomic E-state index is 0.117. The van der Waals surface area contributed by atoms with Crippen molar-refractivity contribution in [3.8, 4) is 22.5 Å². The molecule has 0 amide bonds. The van der Waals surface area contributed by atoms with Gasteiger partial charge < -0.3 is 4.74 Å². The molecule has 3 heterocycles. The maximum atomic E-state index is 6.39. The third-order valence-corrected chi connectivity index (χ3v) is 7.34. The Morgan fingerprint density at radius 1 is 0.824 bits per heavy atom. The smallest absolute Gasteiger partial charge is 0.165 e. The van der Waals surface area contributed by atoms with Crippen LogP contribution in [-0.4, -0.2) is 39.4 Å². The van der Waals surface area contributed by atoms with Gasteiger partial charge >= 0.3 is 0 Å². The molecule has 4 aromatic rings. The van der Waals surface area contributed by atoms with Gasteiger partial charge in [-0.15, -0.1) is 0 Å². The standard InChI is InChI=1S/C29H30N4O/c1-32-28(25-13-11-23(12-14-25)22-7-3-2-4-8-22)30-27(31-32)21-33-18-16-29(17-19-33)26-10-6-5-9-24(26)15-20-34-29/h2-14H,15-21H2,1H3. The lowest BCUT2D eigenvalue weighted by atomic mass is 9.79. The van der Waals surface area contributed by atoms with E-state index in [0.717, 1.165) is 62.7 Å². The van der Waals surface area contributed by atoms with Crippen molar-refractivity contribution in [3.63, 3.8) is 0 Å². The Kier molecular flexibility index (Phi) is 5.52. The first kappa shape index (κ1) is 21.3.